The quantitative estimate of drug-likeness (QED) is 0.736. The molecular formula is C22H22O. The Kier molecular flexibility index (Phi) is 4.29. The molecule has 0 aliphatic heterocycles. The van der Waals surface area contributed by atoms with E-state index in [4.69, 9.17) is 0 Å². The van der Waals surface area contributed by atoms with Crippen molar-refractivity contribution in [3.8, 4) is 0 Å². The molecule has 2 aromatic carbocycles. The van der Waals surface area contributed by atoms with Gasteiger partial charge in [-0.15, -0.1) is 0 Å². The summed E-state index contributed by atoms with van der Waals surface area (Å²) >= 11 is 0. The van der Waals surface area contributed by atoms with Gasteiger partial charge in [0, 0.05) is 0 Å². The van der Waals surface area contributed by atoms with Gasteiger partial charge >= 0.3 is 0 Å². The van der Waals surface area contributed by atoms with Crippen molar-refractivity contribution in [1.29, 1.82) is 0 Å². The standard InChI is InChI=1S/C22H22O/c1-3-22(15-9-12-18-10-5-4-6-11-18)20-14-8-7-13-19(20)16-17(2)21(22)23/h4-14,16H,3,15H2,1-2H3/b12-9+/t22-/m0/s1. The molecular weight excluding hydrogens is 280 g/mol. The Morgan fingerprint density at radius 3 is 2.43 bits per heavy atom. The summed E-state index contributed by atoms with van der Waals surface area (Å²) in [5, 5.41) is 0. The molecule has 0 saturated carbocycles. The number of allylic oxidation sites excluding steroid dienone is 2. The zero-order valence-corrected chi connectivity index (χ0v) is 13.8. The van der Waals surface area contributed by atoms with Gasteiger partial charge in [-0.2, -0.15) is 0 Å². The summed E-state index contributed by atoms with van der Waals surface area (Å²) in [6.07, 6.45) is 7.83. The number of ketones is 1. The van der Waals surface area contributed by atoms with E-state index < -0.39 is 5.41 Å². The lowest BCUT2D eigenvalue weighted by Crippen LogP contribution is -2.38. The highest BCUT2D eigenvalue weighted by Crippen LogP contribution is 2.41. The summed E-state index contributed by atoms with van der Waals surface area (Å²) in [4.78, 5) is 13.0. The maximum absolute atomic E-state index is 13.0. The smallest absolute Gasteiger partial charge is 0.169 e. The normalized spacial score (nSPS) is 20.4. The van der Waals surface area contributed by atoms with Gasteiger partial charge in [0.2, 0.25) is 0 Å². The highest BCUT2D eigenvalue weighted by molar-refractivity contribution is 6.09. The van der Waals surface area contributed by atoms with Crippen LogP contribution in [0.5, 0.6) is 0 Å². The lowest BCUT2D eigenvalue weighted by Gasteiger charge is -2.35. The Hall–Kier alpha value is -2.41. The number of carbonyl (C=O) groups is 1. The Balaban J connectivity index is 1.98. The average Bonchev–Trinajstić information content (AvgIpc) is 2.59. The first-order valence-electron chi connectivity index (χ1n) is 8.21. The predicted octanol–water partition coefficient (Wildman–Crippen LogP) is 5.42. The summed E-state index contributed by atoms with van der Waals surface area (Å²) in [7, 11) is 0. The molecule has 0 spiro atoms. The van der Waals surface area contributed by atoms with Crippen LogP contribution in [0.1, 0.15) is 43.4 Å². The molecule has 0 fully saturated rings. The summed E-state index contributed by atoms with van der Waals surface area (Å²) in [6.45, 7) is 4.05. The minimum Gasteiger partial charge on any atom is -0.294 e. The van der Waals surface area contributed by atoms with Gasteiger partial charge in [0.25, 0.3) is 0 Å². The summed E-state index contributed by atoms with van der Waals surface area (Å²) in [5.74, 6) is 0.261. The van der Waals surface area contributed by atoms with Gasteiger partial charge in [-0.05, 0) is 48.1 Å². The highest BCUT2D eigenvalue weighted by Gasteiger charge is 2.41. The van der Waals surface area contributed by atoms with Crippen LogP contribution in [0.25, 0.3) is 12.2 Å². The topological polar surface area (TPSA) is 17.1 Å². The van der Waals surface area contributed by atoms with Gasteiger partial charge in [0.05, 0.1) is 5.41 Å². The van der Waals surface area contributed by atoms with E-state index in [0.29, 0.717) is 0 Å². The third-order valence-electron chi connectivity index (χ3n) is 4.82. The fraction of sp³-hybridized carbons (Fsp3) is 0.227. The minimum atomic E-state index is -0.430. The van der Waals surface area contributed by atoms with E-state index in [2.05, 4.69) is 43.3 Å². The molecule has 0 radical (unpaired) electrons. The Morgan fingerprint density at radius 1 is 1.00 bits per heavy atom. The van der Waals surface area contributed by atoms with Gasteiger partial charge in [0.1, 0.15) is 0 Å². The fourth-order valence-electron chi connectivity index (χ4n) is 3.52. The molecule has 3 rings (SSSR count). The van der Waals surface area contributed by atoms with Gasteiger partial charge < -0.3 is 0 Å². The Bertz CT molecular complexity index is 768. The molecule has 0 unspecified atom stereocenters. The van der Waals surface area contributed by atoms with Gasteiger partial charge in [0.15, 0.2) is 5.78 Å². The van der Waals surface area contributed by atoms with E-state index in [1.54, 1.807) is 0 Å². The zero-order valence-electron chi connectivity index (χ0n) is 13.8. The Labute approximate surface area is 138 Å². The monoisotopic (exact) mass is 302 g/mol. The molecule has 23 heavy (non-hydrogen) atoms. The highest BCUT2D eigenvalue weighted by atomic mass is 16.1. The van der Waals surface area contributed by atoms with Crippen molar-refractivity contribution >= 4 is 17.9 Å². The van der Waals surface area contributed by atoms with Crippen LogP contribution in [-0.2, 0) is 10.2 Å². The largest absolute Gasteiger partial charge is 0.294 e. The van der Waals surface area contributed by atoms with E-state index in [1.165, 1.54) is 11.1 Å². The van der Waals surface area contributed by atoms with Crippen molar-refractivity contribution in [1.82, 2.24) is 0 Å². The fourth-order valence-corrected chi connectivity index (χ4v) is 3.52. The van der Waals surface area contributed by atoms with Crippen molar-refractivity contribution in [2.45, 2.75) is 32.1 Å². The van der Waals surface area contributed by atoms with E-state index in [0.717, 1.165) is 24.0 Å². The van der Waals surface area contributed by atoms with E-state index >= 15 is 0 Å². The summed E-state index contributed by atoms with van der Waals surface area (Å²) < 4.78 is 0. The molecule has 1 nitrogen and oxygen atoms in total. The van der Waals surface area contributed by atoms with E-state index in [9.17, 15) is 4.79 Å². The SMILES string of the molecule is CC[C@@]1(C/C=C/c2ccccc2)C(=O)C(C)=Cc2ccccc21. The molecule has 0 bridgehead atoms. The molecule has 0 amide bonds. The van der Waals surface area contributed by atoms with Crippen LogP contribution >= 0.6 is 0 Å². The van der Waals surface area contributed by atoms with E-state index in [-0.39, 0.29) is 5.78 Å². The lowest BCUT2D eigenvalue weighted by molar-refractivity contribution is -0.121. The van der Waals surface area contributed by atoms with Crippen molar-refractivity contribution in [3.63, 3.8) is 0 Å². The molecule has 2 aromatic rings. The van der Waals surface area contributed by atoms with E-state index in [1.807, 2.05) is 43.3 Å². The van der Waals surface area contributed by atoms with Crippen LogP contribution in [0, 0.1) is 0 Å². The van der Waals surface area contributed by atoms with Crippen molar-refractivity contribution < 1.29 is 4.79 Å². The number of carbonyl (C=O) groups excluding carboxylic acids is 1. The third-order valence-corrected chi connectivity index (χ3v) is 4.82. The molecule has 1 atom stereocenters. The third kappa shape index (κ3) is 2.79. The molecule has 1 aliphatic carbocycles. The van der Waals surface area contributed by atoms with Crippen LogP contribution < -0.4 is 0 Å². The first-order chi connectivity index (χ1) is 11.2. The van der Waals surface area contributed by atoms with Gasteiger partial charge in [-0.25, -0.2) is 0 Å². The van der Waals surface area contributed by atoms with Crippen LogP contribution in [0.15, 0.2) is 66.2 Å². The second-order valence-corrected chi connectivity index (χ2v) is 6.20. The molecule has 0 N–H and O–H groups in total. The first-order valence-corrected chi connectivity index (χ1v) is 8.21. The second kappa shape index (κ2) is 6.37. The number of fused-ring (bicyclic) bond motifs is 1. The lowest BCUT2D eigenvalue weighted by atomic mass is 9.66. The molecule has 116 valence electrons. The van der Waals surface area contributed by atoms with Crippen molar-refractivity contribution in [2.24, 2.45) is 0 Å². The summed E-state index contributed by atoms with van der Waals surface area (Å²) in [5.41, 5.74) is 3.94. The van der Waals surface area contributed by atoms with Crippen LogP contribution in [0.3, 0.4) is 0 Å². The van der Waals surface area contributed by atoms with Crippen LogP contribution in [0.4, 0.5) is 0 Å². The Morgan fingerprint density at radius 2 is 1.70 bits per heavy atom. The number of hydrogen-bond donors (Lipinski definition) is 0. The maximum atomic E-state index is 13.0. The van der Waals surface area contributed by atoms with Crippen LogP contribution in [0.2, 0.25) is 0 Å². The molecule has 1 aliphatic rings. The van der Waals surface area contributed by atoms with Crippen molar-refractivity contribution in [2.75, 3.05) is 0 Å². The first kappa shape index (κ1) is 15.5. The van der Waals surface area contributed by atoms with Crippen LogP contribution in [-0.4, -0.2) is 5.78 Å². The number of benzene rings is 2. The molecule has 0 heterocycles. The van der Waals surface area contributed by atoms with Gasteiger partial charge in [-0.3, -0.25) is 4.79 Å². The number of rotatable bonds is 4. The molecule has 0 saturated heterocycles. The predicted molar refractivity (Wildman–Crippen MR) is 97.2 cm³/mol. The van der Waals surface area contributed by atoms with Crippen molar-refractivity contribution in [3.05, 3.63) is 82.9 Å². The minimum absolute atomic E-state index is 0.261. The average molecular weight is 302 g/mol. The molecule has 1 heteroatoms. The number of Topliss-reactive ketones (excluding diaryl/α,β-unsaturated/α-hetero) is 1. The molecule has 0 aromatic heterocycles. The maximum Gasteiger partial charge on any atom is 0.169 e. The zero-order chi connectivity index (χ0) is 16.3. The second-order valence-electron chi connectivity index (χ2n) is 6.20. The number of hydrogen-bond acceptors (Lipinski definition) is 1. The van der Waals surface area contributed by atoms with Gasteiger partial charge in [-0.1, -0.05) is 73.7 Å². The summed E-state index contributed by atoms with van der Waals surface area (Å²) in [6, 6.07) is 18.5.